The van der Waals surface area contributed by atoms with Gasteiger partial charge in [-0.3, -0.25) is 14.9 Å². The summed E-state index contributed by atoms with van der Waals surface area (Å²) in [5, 5.41) is 11.4. The minimum Gasteiger partial charge on any atom is -0.306 e. The highest BCUT2D eigenvalue weighted by molar-refractivity contribution is 9.10. The Hall–Kier alpha value is -2.21. The van der Waals surface area contributed by atoms with E-state index in [1.807, 2.05) is 18.2 Å². The second-order valence-electron chi connectivity index (χ2n) is 6.16. The fraction of sp³-hybridized carbons (Fsp3) is 0.316. The number of nitro groups is 1. The molecular formula is C19H19BrN2O3. The number of halogens is 1. The summed E-state index contributed by atoms with van der Waals surface area (Å²) < 4.78 is 0.670. The zero-order valence-corrected chi connectivity index (χ0v) is 15.6. The number of nitrogens with zero attached hydrogens (tertiary/aromatic N) is 2. The van der Waals surface area contributed by atoms with Crippen LogP contribution in [-0.4, -0.2) is 17.4 Å². The third-order valence-corrected chi connectivity index (χ3v) is 5.02. The fourth-order valence-electron chi connectivity index (χ4n) is 3.20. The van der Waals surface area contributed by atoms with Crippen molar-refractivity contribution in [3.63, 3.8) is 0 Å². The lowest BCUT2D eigenvalue weighted by Gasteiger charge is -2.17. The number of fused-ring (bicyclic) bond motifs is 1. The van der Waals surface area contributed by atoms with Crippen LogP contribution in [0.5, 0.6) is 0 Å². The van der Waals surface area contributed by atoms with Crippen molar-refractivity contribution in [2.24, 2.45) is 0 Å². The largest absolute Gasteiger partial charge is 0.306 e. The number of anilines is 1. The van der Waals surface area contributed by atoms with E-state index in [0.29, 0.717) is 36.0 Å². The van der Waals surface area contributed by atoms with Crippen molar-refractivity contribution in [2.75, 3.05) is 11.4 Å². The Morgan fingerprint density at radius 3 is 2.56 bits per heavy atom. The van der Waals surface area contributed by atoms with Crippen LogP contribution in [-0.2, 0) is 24.1 Å². The first-order valence-electron chi connectivity index (χ1n) is 8.34. The van der Waals surface area contributed by atoms with Crippen molar-refractivity contribution in [2.45, 2.75) is 32.6 Å². The highest BCUT2D eigenvalue weighted by Gasteiger charge is 2.32. The molecular weight excluding hydrogens is 384 g/mol. The van der Waals surface area contributed by atoms with Crippen molar-refractivity contribution < 1.29 is 9.72 Å². The van der Waals surface area contributed by atoms with E-state index in [-0.39, 0.29) is 11.6 Å². The Kier molecular flexibility index (Phi) is 5.18. The van der Waals surface area contributed by atoms with E-state index in [4.69, 9.17) is 0 Å². The molecule has 3 rings (SSSR count). The highest BCUT2D eigenvalue weighted by Crippen LogP contribution is 2.39. The summed E-state index contributed by atoms with van der Waals surface area (Å²) in [6.45, 7) is 2.61. The predicted octanol–water partition coefficient (Wildman–Crippen LogP) is 4.44. The van der Waals surface area contributed by atoms with E-state index >= 15 is 0 Å². The molecule has 1 amide bonds. The number of carbonyl (C=O) groups excluding carboxylic acids is 1. The Balaban J connectivity index is 1.75. The number of carbonyl (C=O) groups is 1. The van der Waals surface area contributed by atoms with E-state index in [1.165, 1.54) is 11.6 Å². The van der Waals surface area contributed by atoms with Gasteiger partial charge in [0.2, 0.25) is 5.91 Å². The minimum atomic E-state index is -0.418. The average Bonchev–Trinajstić information content (AvgIpc) is 3.03. The topological polar surface area (TPSA) is 63.5 Å². The molecule has 2 aromatic rings. The Labute approximate surface area is 154 Å². The molecule has 0 aliphatic carbocycles. The van der Waals surface area contributed by atoms with Crippen LogP contribution in [0.2, 0.25) is 0 Å². The molecule has 5 nitrogen and oxygen atoms in total. The molecule has 1 aliphatic rings. The van der Waals surface area contributed by atoms with Crippen molar-refractivity contribution in [3.8, 4) is 0 Å². The molecule has 1 heterocycles. The molecule has 0 radical (unpaired) electrons. The molecule has 130 valence electrons. The summed E-state index contributed by atoms with van der Waals surface area (Å²) in [7, 11) is 0. The van der Waals surface area contributed by atoms with Crippen LogP contribution < -0.4 is 4.90 Å². The van der Waals surface area contributed by atoms with Crippen molar-refractivity contribution >= 4 is 33.2 Å². The average molecular weight is 403 g/mol. The third-order valence-electron chi connectivity index (χ3n) is 4.56. The van der Waals surface area contributed by atoms with E-state index in [0.717, 1.165) is 17.5 Å². The summed E-state index contributed by atoms with van der Waals surface area (Å²) in [5.41, 5.74) is 3.67. The molecule has 0 saturated carbocycles. The van der Waals surface area contributed by atoms with Gasteiger partial charge in [0.05, 0.1) is 4.92 Å². The van der Waals surface area contributed by atoms with Crippen molar-refractivity contribution in [1.82, 2.24) is 0 Å². The molecule has 0 spiro atoms. The number of benzene rings is 2. The maximum absolute atomic E-state index is 12.7. The number of aryl methyl sites for hydroxylation is 2. The normalized spacial score (nSPS) is 13.0. The van der Waals surface area contributed by atoms with Gasteiger partial charge in [0.25, 0.3) is 5.69 Å². The monoisotopic (exact) mass is 402 g/mol. The number of hydrogen-bond acceptors (Lipinski definition) is 3. The number of hydrogen-bond donors (Lipinski definition) is 0. The number of amides is 1. The second kappa shape index (κ2) is 7.35. The maximum atomic E-state index is 12.7. The SMILES string of the molecule is CCc1ccc(CCC(=O)N2CCc3cc(Br)cc([N+](=O)[O-])c32)cc1. The lowest BCUT2D eigenvalue weighted by Crippen LogP contribution is -2.29. The summed E-state index contributed by atoms with van der Waals surface area (Å²) in [6, 6.07) is 11.6. The molecule has 0 saturated heterocycles. The zero-order chi connectivity index (χ0) is 18.0. The number of nitro benzene ring substituents is 1. The number of rotatable bonds is 5. The second-order valence-corrected chi connectivity index (χ2v) is 7.07. The van der Waals surface area contributed by atoms with Crippen LogP contribution in [0.4, 0.5) is 11.4 Å². The molecule has 0 unspecified atom stereocenters. The van der Waals surface area contributed by atoms with E-state index in [9.17, 15) is 14.9 Å². The molecule has 2 aromatic carbocycles. The molecule has 0 atom stereocenters. The van der Waals surface area contributed by atoms with Gasteiger partial charge in [0, 0.05) is 23.5 Å². The van der Waals surface area contributed by atoms with Crippen molar-refractivity contribution in [1.29, 1.82) is 0 Å². The smallest absolute Gasteiger partial charge is 0.294 e. The first kappa shape index (κ1) is 17.6. The Morgan fingerprint density at radius 2 is 1.92 bits per heavy atom. The summed E-state index contributed by atoms with van der Waals surface area (Å²) in [4.78, 5) is 25.2. The van der Waals surface area contributed by atoms with E-state index < -0.39 is 4.92 Å². The van der Waals surface area contributed by atoms with Gasteiger partial charge < -0.3 is 4.90 Å². The van der Waals surface area contributed by atoms with Crippen LogP contribution >= 0.6 is 15.9 Å². The first-order valence-corrected chi connectivity index (χ1v) is 9.14. The van der Waals surface area contributed by atoms with Crippen LogP contribution in [0.15, 0.2) is 40.9 Å². The van der Waals surface area contributed by atoms with Gasteiger partial charge in [-0.1, -0.05) is 47.1 Å². The van der Waals surface area contributed by atoms with E-state index in [2.05, 4.69) is 35.0 Å². The van der Waals surface area contributed by atoms with Crippen LogP contribution in [0.25, 0.3) is 0 Å². The van der Waals surface area contributed by atoms with E-state index in [1.54, 1.807) is 4.90 Å². The molecule has 0 aromatic heterocycles. The molecule has 0 bridgehead atoms. The summed E-state index contributed by atoms with van der Waals surface area (Å²) >= 11 is 3.31. The Bertz CT molecular complexity index is 818. The molecule has 6 heteroatoms. The first-order chi connectivity index (χ1) is 12.0. The van der Waals surface area contributed by atoms with Gasteiger partial charge in [-0.2, -0.15) is 0 Å². The standard InChI is InChI=1S/C19H19BrN2O3/c1-2-13-3-5-14(6-4-13)7-8-18(23)21-10-9-15-11-16(20)12-17(19(15)21)22(24)25/h3-6,11-12H,2,7-10H2,1H3. The maximum Gasteiger partial charge on any atom is 0.294 e. The lowest BCUT2D eigenvalue weighted by molar-refractivity contribution is -0.384. The summed E-state index contributed by atoms with van der Waals surface area (Å²) in [6.07, 6.45) is 2.62. The third kappa shape index (κ3) is 3.74. The zero-order valence-electron chi connectivity index (χ0n) is 14.0. The van der Waals surface area contributed by atoms with Gasteiger partial charge in [-0.25, -0.2) is 0 Å². The van der Waals surface area contributed by atoms with Gasteiger partial charge >= 0.3 is 0 Å². The predicted molar refractivity (Wildman–Crippen MR) is 101 cm³/mol. The lowest BCUT2D eigenvalue weighted by atomic mass is 10.1. The van der Waals surface area contributed by atoms with Crippen LogP contribution in [0.3, 0.4) is 0 Å². The summed E-state index contributed by atoms with van der Waals surface area (Å²) in [5.74, 6) is -0.0660. The molecule has 1 aliphatic heterocycles. The molecule has 0 fully saturated rings. The van der Waals surface area contributed by atoms with Crippen LogP contribution in [0.1, 0.15) is 30.0 Å². The van der Waals surface area contributed by atoms with Gasteiger partial charge in [-0.05, 0) is 42.0 Å². The molecule has 25 heavy (non-hydrogen) atoms. The fourth-order valence-corrected chi connectivity index (χ4v) is 3.70. The Morgan fingerprint density at radius 1 is 1.24 bits per heavy atom. The quantitative estimate of drug-likeness (QED) is 0.548. The van der Waals surface area contributed by atoms with Gasteiger partial charge in [-0.15, -0.1) is 0 Å². The van der Waals surface area contributed by atoms with Gasteiger partial charge in [0.1, 0.15) is 5.69 Å². The van der Waals surface area contributed by atoms with Crippen LogP contribution in [0, 0.1) is 10.1 Å². The van der Waals surface area contributed by atoms with Gasteiger partial charge in [0.15, 0.2) is 0 Å². The molecule has 0 N–H and O–H groups in total. The van der Waals surface area contributed by atoms with Crippen molar-refractivity contribution in [3.05, 3.63) is 67.7 Å². The highest BCUT2D eigenvalue weighted by atomic mass is 79.9. The minimum absolute atomic E-state index is 0.0116.